The fourth-order valence-corrected chi connectivity index (χ4v) is 4.15. The Hall–Kier alpha value is -3.32. The molecule has 0 unspecified atom stereocenters. The molecule has 0 radical (unpaired) electrons. The van der Waals surface area contributed by atoms with Gasteiger partial charge in [0.15, 0.2) is 0 Å². The van der Waals surface area contributed by atoms with Crippen LogP contribution in [0.15, 0.2) is 77.7 Å². The van der Waals surface area contributed by atoms with E-state index in [0.29, 0.717) is 17.8 Å². The highest BCUT2D eigenvalue weighted by Gasteiger charge is 2.18. The van der Waals surface area contributed by atoms with Crippen LogP contribution in [0.1, 0.15) is 21.5 Å². The second kappa shape index (κ2) is 9.00. The maximum Gasteiger partial charge on any atom is 0.261 e. The minimum Gasteiger partial charge on any atom is -0.497 e. The topological polar surface area (TPSA) is 75.7 Å². The molecule has 3 aromatic rings. The summed E-state index contributed by atoms with van der Waals surface area (Å²) in [6.07, 6.45) is 0. The van der Waals surface area contributed by atoms with Gasteiger partial charge in [-0.15, -0.1) is 0 Å². The summed E-state index contributed by atoms with van der Waals surface area (Å²) in [5.74, 6) is 0.513. The molecule has 30 heavy (non-hydrogen) atoms. The van der Waals surface area contributed by atoms with Crippen molar-refractivity contribution in [3.05, 3.63) is 89.5 Å². The molecule has 0 aromatic heterocycles. The molecule has 3 rings (SSSR count). The quantitative estimate of drug-likeness (QED) is 0.620. The van der Waals surface area contributed by atoms with E-state index in [2.05, 4.69) is 4.72 Å². The van der Waals surface area contributed by atoms with Crippen molar-refractivity contribution in [2.24, 2.45) is 0 Å². The molecule has 3 aromatic carbocycles. The van der Waals surface area contributed by atoms with Crippen LogP contribution < -0.4 is 9.46 Å². The summed E-state index contributed by atoms with van der Waals surface area (Å²) >= 11 is 0. The highest BCUT2D eigenvalue weighted by Crippen LogP contribution is 2.22. The lowest BCUT2D eigenvalue weighted by Crippen LogP contribution is -2.26. The number of sulfonamides is 1. The average molecular weight is 425 g/mol. The van der Waals surface area contributed by atoms with Crippen molar-refractivity contribution in [2.45, 2.75) is 18.4 Å². The fourth-order valence-electron chi connectivity index (χ4n) is 3.01. The SMILES string of the molecule is COc1cccc(CN(C)C(=O)c2ccc(C)c(NS(=O)(=O)c3ccccc3)c2)c1. The van der Waals surface area contributed by atoms with E-state index in [1.54, 1.807) is 62.4 Å². The standard InChI is InChI=1S/C23H24N2O4S/c1-17-12-13-19(15-22(17)24-30(27,28)21-10-5-4-6-11-21)23(26)25(2)16-18-8-7-9-20(14-18)29-3/h4-15,24H,16H2,1-3H3. The summed E-state index contributed by atoms with van der Waals surface area (Å²) in [5.41, 5.74) is 2.43. The third-order valence-corrected chi connectivity index (χ3v) is 6.06. The number of ether oxygens (including phenoxy) is 1. The van der Waals surface area contributed by atoms with Gasteiger partial charge in [0.25, 0.3) is 15.9 Å². The van der Waals surface area contributed by atoms with Crippen LogP contribution in [0.2, 0.25) is 0 Å². The Morgan fingerprint density at radius 3 is 2.43 bits per heavy atom. The fraction of sp³-hybridized carbons (Fsp3) is 0.174. The smallest absolute Gasteiger partial charge is 0.261 e. The van der Waals surface area contributed by atoms with Crippen LogP contribution >= 0.6 is 0 Å². The first-order chi connectivity index (χ1) is 14.3. The van der Waals surface area contributed by atoms with Gasteiger partial charge in [0.1, 0.15) is 5.75 Å². The number of hydrogen-bond acceptors (Lipinski definition) is 4. The van der Waals surface area contributed by atoms with Gasteiger partial charge in [-0.05, 0) is 54.4 Å². The second-order valence-electron chi connectivity index (χ2n) is 6.96. The van der Waals surface area contributed by atoms with Crippen LogP contribution in [0.25, 0.3) is 0 Å². The highest BCUT2D eigenvalue weighted by molar-refractivity contribution is 7.92. The number of carbonyl (C=O) groups is 1. The number of benzene rings is 3. The minimum absolute atomic E-state index is 0.163. The van der Waals surface area contributed by atoms with Gasteiger partial charge in [-0.2, -0.15) is 0 Å². The van der Waals surface area contributed by atoms with Crippen molar-refractivity contribution in [2.75, 3.05) is 18.9 Å². The van der Waals surface area contributed by atoms with Gasteiger partial charge in [-0.3, -0.25) is 9.52 Å². The van der Waals surface area contributed by atoms with E-state index in [4.69, 9.17) is 4.74 Å². The van der Waals surface area contributed by atoms with Crippen molar-refractivity contribution in [1.29, 1.82) is 0 Å². The Kier molecular flexibility index (Phi) is 6.42. The van der Waals surface area contributed by atoms with Crippen LogP contribution in [0.3, 0.4) is 0 Å². The van der Waals surface area contributed by atoms with Crippen molar-refractivity contribution in [3.63, 3.8) is 0 Å². The number of carbonyl (C=O) groups excluding carboxylic acids is 1. The number of rotatable bonds is 7. The van der Waals surface area contributed by atoms with Crippen molar-refractivity contribution < 1.29 is 17.9 Å². The summed E-state index contributed by atoms with van der Waals surface area (Å²) in [7, 11) is -0.444. The third-order valence-electron chi connectivity index (χ3n) is 4.68. The van der Waals surface area contributed by atoms with Crippen LogP contribution in [-0.4, -0.2) is 33.4 Å². The maximum absolute atomic E-state index is 12.9. The number of nitrogens with one attached hydrogen (secondary N) is 1. The number of hydrogen-bond donors (Lipinski definition) is 1. The highest BCUT2D eigenvalue weighted by atomic mass is 32.2. The summed E-state index contributed by atoms with van der Waals surface area (Å²) in [6, 6.07) is 20.6. The number of nitrogens with zero attached hydrogens (tertiary/aromatic N) is 1. The molecule has 0 bridgehead atoms. The van der Waals surface area contributed by atoms with E-state index in [-0.39, 0.29) is 10.8 Å². The van der Waals surface area contributed by atoms with E-state index in [1.165, 1.54) is 12.1 Å². The summed E-state index contributed by atoms with van der Waals surface area (Å²) in [4.78, 5) is 14.7. The number of aryl methyl sites for hydroxylation is 1. The average Bonchev–Trinajstić information content (AvgIpc) is 2.75. The zero-order valence-corrected chi connectivity index (χ0v) is 17.9. The third kappa shape index (κ3) is 4.99. The lowest BCUT2D eigenvalue weighted by molar-refractivity contribution is 0.0785. The molecule has 0 aliphatic heterocycles. The van der Waals surface area contributed by atoms with Crippen LogP contribution in [0.5, 0.6) is 5.75 Å². The molecule has 0 aliphatic carbocycles. The van der Waals surface area contributed by atoms with Gasteiger partial charge >= 0.3 is 0 Å². The van der Waals surface area contributed by atoms with Crippen molar-refractivity contribution >= 4 is 21.6 Å². The largest absolute Gasteiger partial charge is 0.497 e. The van der Waals surface area contributed by atoms with Gasteiger partial charge in [0, 0.05) is 19.2 Å². The van der Waals surface area contributed by atoms with Crippen LogP contribution in [0, 0.1) is 6.92 Å². The van der Waals surface area contributed by atoms with E-state index in [9.17, 15) is 13.2 Å². The van der Waals surface area contributed by atoms with Crippen molar-refractivity contribution in [3.8, 4) is 5.75 Å². The first-order valence-electron chi connectivity index (χ1n) is 9.37. The Morgan fingerprint density at radius 1 is 1.00 bits per heavy atom. The predicted molar refractivity (Wildman–Crippen MR) is 117 cm³/mol. The van der Waals surface area contributed by atoms with E-state index < -0.39 is 10.0 Å². The predicted octanol–water partition coefficient (Wildman–Crippen LogP) is 4.08. The zero-order valence-electron chi connectivity index (χ0n) is 17.1. The molecule has 0 aliphatic rings. The number of amides is 1. The summed E-state index contributed by atoms with van der Waals surface area (Å²) in [6.45, 7) is 2.19. The number of anilines is 1. The zero-order chi connectivity index (χ0) is 21.7. The van der Waals surface area contributed by atoms with Gasteiger partial charge in [0.2, 0.25) is 0 Å². The first-order valence-corrected chi connectivity index (χ1v) is 10.9. The lowest BCUT2D eigenvalue weighted by atomic mass is 10.1. The molecule has 0 atom stereocenters. The second-order valence-corrected chi connectivity index (χ2v) is 8.64. The molecule has 0 fully saturated rings. The summed E-state index contributed by atoms with van der Waals surface area (Å²) < 4.78 is 33.1. The van der Waals surface area contributed by atoms with Crippen molar-refractivity contribution in [1.82, 2.24) is 4.90 Å². The molecule has 156 valence electrons. The molecule has 0 saturated heterocycles. The summed E-state index contributed by atoms with van der Waals surface area (Å²) in [5, 5.41) is 0. The molecular weight excluding hydrogens is 400 g/mol. The Morgan fingerprint density at radius 2 is 1.73 bits per heavy atom. The van der Waals surface area contributed by atoms with Gasteiger partial charge in [0.05, 0.1) is 17.7 Å². The Labute approximate surface area is 177 Å². The Bertz CT molecular complexity index is 1140. The molecule has 0 spiro atoms. The molecule has 1 N–H and O–H groups in total. The number of methoxy groups -OCH3 is 1. The first kappa shape index (κ1) is 21.4. The van der Waals surface area contributed by atoms with Crippen LogP contribution in [-0.2, 0) is 16.6 Å². The lowest BCUT2D eigenvalue weighted by Gasteiger charge is -2.19. The maximum atomic E-state index is 12.9. The van der Waals surface area contributed by atoms with Crippen LogP contribution in [0.4, 0.5) is 5.69 Å². The Balaban J connectivity index is 1.80. The van der Waals surface area contributed by atoms with Gasteiger partial charge < -0.3 is 9.64 Å². The molecule has 7 heteroatoms. The molecule has 0 saturated carbocycles. The van der Waals surface area contributed by atoms with Gasteiger partial charge in [-0.1, -0.05) is 36.4 Å². The monoisotopic (exact) mass is 424 g/mol. The molecule has 1 amide bonds. The molecule has 0 heterocycles. The van der Waals surface area contributed by atoms with E-state index in [1.807, 2.05) is 24.3 Å². The van der Waals surface area contributed by atoms with Gasteiger partial charge in [-0.25, -0.2) is 8.42 Å². The normalized spacial score (nSPS) is 11.0. The minimum atomic E-state index is -3.74. The van der Waals surface area contributed by atoms with E-state index in [0.717, 1.165) is 16.9 Å². The van der Waals surface area contributed by atoms with E-state index >= 15 is 0 Å². The molecule has 6 nitrogen and oxygen atoms in total. The molecular formula is C23H24N2O4S.